The van der Waals surface area contributed by atoms with E-state index in [2.05, 4.69) is 31.9 Å². The second kappa shape index (κ2) is 4.74. The Labute approximate surface area is 139 Å². The lowest BCUT2D eigenvalue weighted by Crippen LogP contribution is -2.54. The Morgan fingerprint density at radius 1 is 1.17 bits per heavy atom. The van der Waals surface area contributed by atoms with Gasteiger partial charge in [-0.15, -0.1) is 6.42 Å². The average Bonchev–Trinajstić information content (AvgIpc) is 2.80. The van der Waals surface area contributed by atoms with Crippen molar-refractivity contribution in [2.75, 3.05) is 0 Å². The van der Waals surface area contributed by atoms with Gasteiger partial charge in [0.1, 0.15) is 5.60 Å². The van der Waals surface area contributed by atoms with Gasteiger partial charge in [0.2, 0.25) is 0 Å². The molecule has 2 nitrogen and oxygen atoms in total. The Bertz CT molecular complexity index is 626. The number of allylic oxidation sites excluding steroid dienone is 2. The summed E-state index contributed by atoms with van der Waals surface area (Å²) in [5, 5.41) is 20.9. The maximum Gasteiger partial charge on any atom is 0.130 e. The number of rotatable bonds is 0. The van der Waals surface area contributed by atoms with Crippen molar-refractivity contribution in [3.05, 3.63) is 23.8 Å². The summed E-state index contributed by atoms with van der Waals surface area (Å²) in [6.45, 7) is 4.58. The second-order valence-electron chi connectivity index (χ2n) is 8.74. The van der Waals surface area contributed by atoms with Crippen LogP contribution in [0.4, 0.5) is 0 Å². The molecular formula is C21H28O2. The van der Waals surface area contributed by atoms with Gasteiger partial charge in [0.15, 0.2) is 0 Å². The highest BCUT2D eigenvalue weighted by Crippen LogP contribution is 2.66. The number of aliphatic hydroxyl groups is 2. The fraction of sp³-hybridized carbons (Fsp3) is 0.714. The van der Waals surface area contributed by atoms with E-state index in [0.29, 0.717) is 17.8 Å². The van der Waals surface area contributed by atoms with Crippen molar-refractivity contribution in [2.24, 2.45) is 28.6 Å². The molecule has 2 N–H and O–H groups in total. The quantitative estimate of drug-likeness (QED) is 0.531. The summed E-state index contributed by atoms with van der Waals surface area (Å²) >= 11 is 0. The zero-order chi connectivity index (χ0) is 16.5. The molecule has 0 bridgehead atoms. The highest BCUT2D eigenvalue weighted by molar-refractivity contribution is 5.34. The smallest absolute Gasteiger partial charge is 0.130 e. The van der Waals surface area contributed by atoms with Gasteiger partial charge in [0.05, 0.1) is 6.10 Å². The van der Waals surface area contributed by atoms with Crippen LogP contribution in [-0.4, -0.2) is 21.9 Å². The number of hydrogen-bond acceptors (Lipinski definition) is 2. The van der Waals surface area contributed by atoms with Gasteiger partial charge >= 0.3 is 0 Å². The standard InChI is InChI=1S/C21H28O2/c1-4-21(23)12-9-18-16-6-5-14-13-15(22)7-10-19(14,2)17(16)8-11-20(18,21)3/h1,7,10,13,15-18,22-23H,5-6,8-9,11-12H2,2-3H3/t15-,16-,17+,18+,19+,20+,21+/m1/s1. The van der Waals surface area contributed by atoms with Crippen LogP contribution in [0, 0.1) is 40.9 Å². The van der Waals surface area contributed by atoms with Crippen molar-refractivity contribution < 1.29 is 10.2 Å². The molecule has 4 aliphatic carbocycles. The zero-order valence-electron chi connectivity index (χ0n) is 14.3. The molecule has 4 rings (SSSR count). The molecule has 0 aromatic carbocycles. The van der Waals surface area contributed by atoms with Crippen molar-refractivity contribution in [3.63, 3.8) is 0 Å². The molecule has 3 saturated carbocycles. The van der Waals surface area contributed by atoms with Crippen molar-refractivity contribution in [1.82, 2.24) is 0 Å². The Morgan fingerprint density at radius 3 is 2.65 bits per heavy atom. The summed E-state index contributed by atoms with van der Waals surface area (Å²) in [5.74, 6) is 4.53. The highest BCUT2D eigenvalue weighted by Gasteiger charge is 2.63. The first kappa shape index (κ1) is 15.5. The van der Waals surface area contributed by atoms with Gasteiger partial charge in [-0.05, 0) is 56.3 Å². The van der Waals surface area contributed by atoms with E-state index in [9.17, 15) is 10.2 Å². The molecule has 0 heterocycles. The van der Waals surface area contributed by atoms with Crippen LogP contribution in [-0.2, 0) is 0 Å². The van der Waals surface area contributed by atoms with Gasteiger partial charge in [0.25, 0.3) is 0 Å². The van der Waals surface area contributed by atoms with Crippen molar-refractivity contribution in [3.8, 4) is 12.3 Å². The minimum atomic E-state index is -0.918. The summed E-state index contributed by atoms with van der Waals surface area (Å²) in [5.41, 5.74) is 0.458. The van der Waals surface area contributed by atoms with Crippen LogP contribution in [0.1, 0.15) is 52.4 Å². The average molecular weight is 312 g/mol. The minimum Gasteiger partial charge on any atom is -0.385 e. The molecule has 4 aliphatic rings. The molecule has 0 amide bonds. The molecular weight excluding hydrogens is 284 g/mol. The van der Waals surface area contributed by atoms with Crippen LogP contribution in [0.2, 0.25) is 0 Å². The van der Waals surface area contributed by atoms with E-state index in [4.69, 9.17) is 6.42 Å². The molecule has 3 fully saturated rings. The Kier molecular flexibility index (Phi) is 3.19. The van der Waals surface area contributed by atoms with Crippen LogP contribution in [0.3, 0.4) is 0 Å². The van der Waals surface area contributed by atoms with Gasteiger partial charge < -0.3 is 10.2 Å². The first-order valence-electron chi connectivity index (χ1n) is 9.13. The van der Waals surface area contributed by atoms with E-state index < -0.39 is 11.7 Å². The van der Waals surface area contributed by atoms with Crippen molar-refractivity contribution >= 4 is 0 Å². The van der Waals surface area contributed by atoms with Gasteiger partial charge in [-0.1, -0.05) is 43.6 Å². The van der Waals surface area contributed by atoms with Crippen LogP contribution < -0.4 is 0 Å². The number of terminal acetylenes is 1. The summed E-state index contributed by atoms with van der Waals surface area (Å²) in [7, 11) is 0. The predicted octanol–water partition coefficient (Wildman–Crippen LogP) is 3.45. The van der Waals surface area contributed by atoms with E-state index >= 15 is 0 Å². The van der Waals surface area contributed by atoms with Crippen molar-refractivity contribution in [2.45, 2.75) is 64.1 Å². The zero-order valence-corrected chi connectivity index (χ0v) is 14.3. The first-order valence-corrected chi connectivity index (χ1v) is 9.13. The van der Waals surface area contributed by atoms with E-state index in [0.717, 1.165) is 32.1 Å². The third kappa shape index (κ3) is 1.84. The Balaban J connectivity index is 1.70. The van der Waals surface area contributed by atoms with Gasteiger partial charge in [-0.3, -0.25) is 0 Å². The normalized spacial score (nSPS) is 54.5. The summed E-state index contributed by atoms with van der Waals surface area (Å²) in [6, 6.07) is 0. The fourth-order valence-corrected chi connectivity index (χ4v) is 6.57. The number of fused-ring (bicyclic) bond motifs is 5. The lowest BCUT2D eigenvalue weighted by atomic mass is 9.47. The van der Waals surface area contributed by atoms with E-state index in [-0.39, 0.29) is 10.8 Å². The molecule has 23 heavy (non-hydrogen) atoms. The van der Waals surface area contributed by atoms with Gasteiger partial charge in [-0.25, -0.2) is 0 Å². The lowest BCUT2D eigenvalue weighted by molar-refractivity contribution is -0.0917. The predicted molar refractivity (Wildman–Crippen MR) is 91.4 cm³/mol. The molecule has 0 radical (unpaired) electrons. The highest BCUT2D eigenvalue weighted by atomic mass is 16.3. The molecule has 7 atom stereocenters. The summed E-state index contributed by atoms with van der Waals surface area (Å²) in [4.78, 5) is 0. The maximum atomic E-state index is 11.0. The first-order chi connectivity index (χ1) is 10.8. The van der Waals surface area contributed by atoms with E-state index in [1.807, 2.05) is 6.08 Å². The molecule has 2 heteroatoms. The molecule has 0 aliphatic heterocycles. The third-order valence-corrected chi connectivity index (χ3v) is 8.05. The third-order valence-electron chi connectivity index (χ3n) is 8.05. The monoisotopic (exact) mass is 312 g/mol. The van der Waals surface area contributed by atoms with Gasteiger partial charge in [0, 0.05) is 10.8 Å². The van der Waals surface area contributed by atoms with Crippen LogP contribution in [0.25, 0.3) is 0 Å². The number of aliphatic hydroxyl groups excluding tert-OH is 1. The fourth-order valence-electron chi connectivity index (χ4n) is 6.57. The minimum absolute atomic E-state index is 0.0837. The molecule has 0 aromatic heterocycles. The van der Waals surface area contributed by atoms with Gasteiger partial charge in [-0.2, -0.15) is 0 Å². The molecule has 0 saturated heterocycles. The topological polar surface area (TPSA) is 40.5 Å². The lowest BCUT2D eigenvalue weighted by Gasteiger charge is -2.57. The van der Waals surface area contributed by atoms with Crippen LogP contribution in [0.15, 0.2) is 23.8 Å². The second-order valence-corrected chi connectivity index (χ2v) is 8.74. The Morgan fingerprint density at radius 2 is 1.91 bits per heavy atom. The molecule has 0 spiro atoms. The maximum absolute atomic E-state index is 11.0. The number of hydrogen-bond donors (Lipinski definition) is 2. The Hall–Kier alpha value is -1.04. The van der Waals surface area contributed by atoms with Crippen LogP contribution in [0.5, 0.6) is 0 Å². The molecule has 0 aromatic rings. The molecule has 0 unspecified atom stereocenters. The summed E-state index contributed by atoms with van der Waals surface area (Å²) in [6.07, 6.45) is 17.8. The summed E-state index contributed by atoms with van der Waals surface area (Å²) < 4.78 is 0. The van der Waals surface area contributed by atoms with E-state index in [1.165, 1.54) is 12.0 Å². The van der Waals surface area contributed by atoms with Crippen LogP contribution >= 0.6 is 0 Å². The van der Waals surface area contributed by atoms with Crippen molar-refractivity contribution in [1.29, 1.82) is 0 Å². The SMILES string of the molecule is C#C[C@]1(O)CC[C@H]2[C@@H]3CCC4=C[C@H](O)C=C[C@]4(C)[C@H]3CC[C@@]21C. The largest absolute Gasteiger partial charge is 0.385 e. The van der Waals surface area contributed by atoms with E-state index in [1.54, 1.807) is 0 Å². The molecule has 124 valence electrons.